The van der Waals surface area contributed by atoms with Crippen molar-refractivity contribution in [3.8, 4) is 0 Å². The molecule has 0 aromatic carbocycles. The molecule has 1 saturated heterocycles. The first-order chi connectivity index (χ1) is 7.62. The van der Waals surface area contributed by atoms with E-state index < -0.39 is 10.2 Å². The number of hydrogen-bond acceptors (Lipinski definition) is 4. The fourth-order valence-corrected chi connectivity index (χ4v) is 3.50. The van der Waals surface area contributed by atoms with E-state index in [0.717, 1.165) is 23.6 Å². The van der Waals surface area contributed by atoms with Crippen LogP contribution in [0.25, 0.3) is 0 Å². The van der Waals surface area contributed by atoms with Crippen LogP contribution < -0.4 is 0 Å². The molecular formula is C9H20N2O4S. The third kappa shape index (κ3) is 3.39. The highest BCUT2D eigenvalue weighted by Crippen LogP contribution is 2.15. The molecule has 0 atom stereocenters. The number of hydrogen-bond donors (Lipinski definition) is 2. The van der Waals surface area contributed by atoms with Gasteiger partial charge in [-0.05, 0) is 12.8 Å². The summed E-state index contributed by atoms with van der Waals surface area (Å²) in [6.45, 7) is 0.699. The summed E-state index contributed by atoms with van der Waals surface area (Å²) >= 11 is 0. The number of aliphatic hydroxyl groups is 2. The second-order valence-corrected chi connectivity index (χ2v) is 5.74. The molecular weight excluding hydrogens is 232 g/mol. The molecule has 0 bridgehead atoms. The highest BCUT2D eigenvalue weighted by Gasteiger charge is 2.29. The Morgan fingerprint density at radius 2 is 1.50 bits per heavy atom. The van der Waals surface area contributed by atoms with Crippen LogP contribution in [0.4, 0.5) is 0 Å². The molecule has 0 saturated carbocycles. The van der Waals surface area contributed by atoms with Crippen LogP contribution in [-0.2, 0) is 10.2 Å². The van der Waals surface area contributed by atoms with Gasteiger partial charge in [0.25, 0.3) is 10.2 Å². The van der Waals surface area contributed by atoms with Crippen LogP contribution >= 0.6 is 0 Å². The monoisotopic (exact) mass is 252 g/mol. The standard InChI is InChI=1S/C9H20N2O4S/c12-8-6-11(7-9-13)16(14,15)10-4-2-1-3-5-10/h12-13H,1-9H2. The molecule has 0 aliphatic carbocycles. The molecule has 0 aromatic heterocycles. The summed E-state index contributed by atoms with van der Waals surface area (Å²) in [5.74, 6) is 0. The summed E-state index contributed by atoms with van der Waals surface area (Å²) in [5.41, 5.74) is 0. The Kier molecular flexibility index (Phi) is 5.63. The van der Waals surface area contributed by atoms with E-state index in [1.807, 2.05) is 0 Å². The highest BCUT2D eigenvalue weighted by atomic mass is 32.2. The largest absolute Gasteiger partial charge is 0.395 e. The van der Waals surface area contributed by atoms with Crippen molar-refractivity contribution in [3.63, 3.8) is 0 Å². The smallest absolute Gasteiger partial charge is 0.282 e. The lowest BCUT2D eigenvalue weighted by Gasteiger charge is -2.31. The molecule has 16 heavy (non-hydrogen) atoms. The van der Waals surface area contributed by atoms with Crippen molar-refractivity contribution in [1.82, 2.24) is 8.61 Å². The van der Waals surface area contributed by atoms with Gasteiger partial charge in [-0.25, -0.2) is 0 Å². The Balaban J connectivity index is 2.70. The van der Waals surface area contributed by atoms with Crippen LogP contribution in [0.2, 0.25) is 0 Å². The lowest BCUT2D eigenvalue weighted by molar-refractivity contribution is 0.206. The minimum absolute atomic E-state index is 0.0411. The van der Waals surface area contributed by atoms with E-state index in [0.29, 0.717) is 13.1 Å². The number of nitrogens with zero attached hydrogens (tertiary/aromatic N) is 2. The average molecular weight is 252 g/mol. The highest BCUT2D eigenvalue weighted by molar-refractivity contribution is 7.86. The molecule has 7 heteroatoms. The predicted octanol–water partition coefficient (Wildman–Crippen LogP) is -0.996. The summed E-state index contributed by atoms with van der Waals surface area (Å²) in [6, 6.07) is 0. The zero-order valence-corrected chi connectivity index (χ0v) is 10.2. The van der Waals surface area contributed by atoms with Gasteiger partial charge in [0.05, 0.1) is 13.2 Å². The predicted molar refractivity (Wildman–Crippen MR) is 60.1 cm³/mol. The maximum atomic E-state index is 12.1. The molecule has 96 valence electrons. The molecule has 1 aliphatic heterocycles. The fraction of sp³-hybridized carbons (Fsp3) is 1.00. The summed E-state index contributed by atoms with van der Waals surface area (Å²) in [7, 11) is -3.50. The third-order valence-electron chi connectivity index (χ3n) is 2.67. The van der Waals surface area contributed by atoms with Crippen LogP contribution in [0.3, 0.4) is 0 Å². The van der Waals surface area contributed by atoms with Gasteiger partial charge in [-0.2, -0.15) is 17.0 Å². The lowest BCUT2D eigenvalue weighted by atomic mass is 10.2. The maximum absolute atomic E-state index is 12.1. The Labute approximate surface area is 96.7 Å². The van der Waals surface area contributed by atoms with E-state index in [-0.39, 0.29) is 26.3 Å². The molecule has 1 aliphatic rings. The lowest BCUT2D eigenvalue weighted by Crippen LogP contribution is -2.47. The van der Waals surface area contributed by atoms with Crippen LogP contribution in [0.15, 0.2) is 0 Å². The molecule has 0 aromatic rings. The zero-order valence-electron chi connectivity index (χ0n) is 9.38. The summed E-state index contributed by atoms with van der Waals surface area (Å²) in [6.07, 6.45) is 2.82. The van der Waals surface area contributed by atoms with Crippen molar-refractivity contribution in [2.24, 2.45) is 0 Å². The number of rotatable bonds is 6. The van der Waals surface area contributed by atoms with E-state index in [2.05, 4.69) is 0 Å². The molecule has 1 rings (SSSR count). The molecule has 0 spiro atoms. The van der Waals surface area contributed by atoms with Gasteiger partial charge in [-0.1, -0.05) is 6.42 Å². The van der Waals surface area contributed by atoms with Crippen LogP contribution in [0.1, 0.15) is 19.3 Å². The van der Waals surface area contributed by atoms with Gasteiger partial charge in [0.2, 0.25) is 0 Å². The molecule has 0 unspecified atom stereocenters. The second-order valence-electron chi connectivity index (χ2n) is 3.81. The Morgan fingerprint density at radius 3 is 1.94 bits per heavy atom. The van der Waals surface area contributed by atoms with Crippen molar-refractivity contribution in [1.29, 1.82) is 0 Å². The Bertz CT molecular complexity index is 282. The third-order valence-corrected chi connectivity index (χ3v) is 4.70. The number of piperidine rings is 1. The van der Waals surface area contributed by atoms with Crippen LogP contribution in [0.5, 0.6) is 0 Å². The Morgan fingerprint density at radius 1 is 1.00 bits per heavy atom. The summed E-state index contributed by atoms with van der Waals surface area (Å²) in [5, 5.41) is 17.6. The zero-order chi connectivity index (χ0) is 12.0. The van der Waals surface area contributed by atoms with Gasteiger partial charge < -0.3 is 10.2 Å². The minimum Gasteiger partial charge on any atom is -0.395 e. The van der Waals surface area contributed by atoms with Crippen molar-refractivity contribution >= 4 is 10.2 Å². The number of aliphatic hydroxyl groups excluding tert-OH is 2. The van der Waals surface area contributed by atoms with Gasteiger partial charge in [0.15, 0.2) is 0 Å². The first kappa shape index (κ1) is 13.9. The topological polar surface area (TPSA) is 81.1 Å². The van der Waals surface area contributed by atoms with Crippen LogP contribution in [-0.4, -0.2) is 66.6 Å². The average Bonchev–Trinajstić information content (AvgIpc) is 2.30. The quantitative estimate of drug-likeness (QED) is 0.635. The SMILES string of the molecule is O=S(=O)(N(CCO)CCO)N1CCCCC1. The first-order valence-electron chi connectivity index (χ1n) is 5.60. The van der Waals surface area contributed by atoms with Crippen molar-refractivity contribution < 1.29 is 18.6 Å². The maximum Gasteiger partial charge on any atom is 0.282 e. The van der Waals surface area contributed by atoms with E-state index in [9.17, 15) is 8.42 Å². The van der Waals surface area contributed by atoms with Gasteiger partial charge in [-0.3, -0.25) is 0 Å². The molecule has 1 fully saturated rings. The summed E-state index contributed by atoms with van der Waals surface area (Å²) < 4.78 is 26.8. The van der Waals surface area contributed by atoms with E-state index in [1.54, 1.807) is 0 Å². The normalized spacial score (nSPS) is 19.2. The van der Waals surface area contributed by atoms with Crippen LogP contribution in [0, 0.1) is 0 Å². The first-order valence-corrected chi connectivity index (χ1v) is 6.99. The van der Waals surface area contributed by atoms with E-state index in [1.165, 1.54) is 4.31 Å². The van der Waals surface area contributed by atoms with E-state index >= 15 is 0 Å². The summed E-state index contributed by atoms with van der Waals surface area (Å²) in [4.78, 5) is 0. The minimum atomic E-state index is -3.50. The second kappa shape index (κ2) is 6.51. The van der Waals surface area contributed by atoms with Gasteiger partial charge in [0.1, 0.15) is 0 Å². The molecule has 1 heterocycles. The van der Waals surface area contributed by atoms with Gasteiger partial charge >= 0.3 is 0 Å². The van der Waals surface area contributed by atoms with Crippen molar-refractivity contribution in [2.75, 3.05) is 39.4 Å². The van der Waals surface area contributed by atoms with Gasteiger partial charge in [0, 0.05) is 26.2 Å². The van der Waals surface area contributed by atoms with Gasteiger partial charge in [-0.15, -0.1) is 0 Å². The molecule has 6 nitrogen and oxygen atoms in total. The fourth-order valence-electron chi connectivity index (χ4n) is 1.82. The van der Waals surface area contributed by atoms with Crippen molar-refractivity contribution in [3.05, 3.63) is 0 Å². The van der Waals surface area contributed by atoms with Crippen molar-refractivity contribution in [2.45, 2.75) is 19.3 Å². The molecule has 0 radical (unpaired) electrons. The van der Waals surface area contributed by atoms with E-state index in [4.69, 9.17) is 10.2 Å². The molecule has 0 amide bonds. The Hall–Kier alpha value is -0.210. The molecule has 2 N–H and O–H groups in total.